The zero-order chi connectivity index (χ0) is 11.1. The Kier molecular flexibility index (Phi) is 2.37. The number of hydrogen-bond acceptors (Lipinski definition) is 4. The second kappa shape index (κ2) is 3.44. The van der Waals surface area contributed by atoms with Gasteiger partial charge in [-0.2, -0.15) is 13.2 Å². The van der Waals surface area contributed by atoms with Gasteiger partial charge in [0, 0.05) is 5.92 Å². The molecule has 0 aliphatic heterocycles. The topological polar surface area (TPSA) is 54.9 Å². The Balaban J connectivity index is 2.03. The predicted molar refractivity (Wildman–Crippen MR) is 46.3 cm³/mol. The molecular formula is C7H6F3N3OS. The number of nitrogens with zero attached hydrogens (tertiary/aromatic N) is 2. The molecule has 0 saturated heterocycles. The van der Waals surface area contributed by atoms with Gasteiger partial charge in [0.15, 0.2) is 0 Å². The minimum atomic E-state index is -4.50. The average Bonchev–Trinajstić information content (AvgIpc) is 2.86. The highest BCUT2D eigenvalue weighted by molar-refractivity contribution is 7.15. The molecular weight excluding hydrogens is 231 g/mol. The number of carbonyl (C=O) groups excluding carboxylic acids is 1. The fraction of sp³-hybridized carbons (Fsp3) is 0.571. The normalized spacial score (nSPS) is 16.5. The molecule has 8 heteroatoms. The van der Waals surface area contributed by atoms with E-state index in [1.807, 2.05) is 0 Å². The predicted octanol–water partition coefficient (Wildman–Crippen LogP) is 1.91. The van der Waals surface area contributed by atoms with E-state index in [-0.39, 0.29) is 17.0 Å². The Morgan fingerprint density at radius 3 is 2.53 bits per heavy atom. The van der Waals surface area contributed by atoms with E-state index >= 15 is 0 Å². The molecule has 0 aromatic carbocycles. The fourth-order valence-electron chi connectivity index (χ4n) is 0.941. The highest BCUT2D eigenvalue weighted by atomic mass is 32.1. The first-order valence-corrected chi connectivity index (χ1v) is 5.00. The summed E-state index contributed by atoms with van der Waals surface area (Å²) in [6.45, 7) is 0. The van der Waals surface area contributed by atoms with Gasteiger partial charge >= 0.3 is 6.18 Å². The van der Waals surface area contributed by atoms with Crippen LogP contribution in [0.15, 0.2) is 0 Å². The molecule has 0 unspecified atom stereocenters. The second-order valence-electron chi connectivity index (χ2n) is 3.17. The van der Waals surface area contributed by atoms with Crippen molar-refractivity contribution in [3.05, 3.63) is 5.01 Å². The smallest absolute Gasteiger partial charge is 0.300 e. The lowest BCUT2D eigenvalue weighted by Crippen LogP contribution is -2.12. The third kappa shape index (κ3) is 2.44. The van der Waals surface area contributed by atoms with Crippen LogP contribution in [0.5, 0.6) is 0 Å². The number of aromatic nitrogens is 2. The van der Waals surface area contributed by atoms with Crippen molar-refractivity contribution in [2.24, 2.45) is 5.92 Å². The van der Waals surface area contributed by atoms with Crippen molar-refractivity contribution >= 4 is 22.4 Å². The van der Waals surface area contributed by atoms with Crippen molar-refractivity contribution in [3.8, 4) is 0 Å². The highest BCUT2D eigenvalue weighted by Crippen LogP contribution is 2.34. The summed E-state index contributed by atoms with van der Waals surface area (Å²) in [4.78, 5) is 11.2. The van der Waals surface area contributed by atoms with E-state index < -0.39 is 11.2 Å². The van der Waals surface area contributed by atoms with Gasteiger partial charge < -0.3 is 5.32 Å². The maximum Gasteiger partial charge on any atom is 0.445 e. The van der Waals surface area contributed by atoms with Crippen LogP contribution in [0.3, 0.4) is 0 Å². The summed E-state index contributed by atoms with van der Waals surface area (Å²) in [5.74, 6) is -0.344. The van der Waals surface area contributed by atoms with Crippen LogP contribution in [0.1, 0.15) is 17.8 Å². The number of hydrogen-bond donors (Lipinski definition) is 1. The molecule has 82 valence electrons. The molecule has 4 nitrogen and oxygen atoms in total. The Morgan fingerprint density at radius 1 is 1.40 bits per heavy atom. The maximum absolute atomic E-state index is 12.1. The lowest BCUT2D eigenvalue weighted by molar-refractivity contribution is -0.138. The summed E-state index contributed by atoms with van der Waals surface area (Å²) >= 11 is 0.334. The molecule has 1 aromatic heterocycles. The first-order valence-electron chi connectivity index (χ1n) is 4.18. The molecule has 1 N–H and O–H groups in total. The molecule has 1 fully saturated rings. The van der Waals surface area contributed by atoms with Gasteiger partial charge in [0.1, 0.15) is 0 Å². The summed E-state index contributed by atoms with van der Waals surface area (Å²) in [7, 11) is 0. The standard InChI is InChI=1S/C7H6F3N3OS/c8-7(9,10)5-12-13-6(15-5)11-4(14)3-1-2-3/h3H,1-2H2,(H,11,13,14). The van der Waals surface area contributed by atoms with Crippen LogP contribution in [-0.2, 0) is 11.0 Å². The summed E-state index contributed by atoms with van der Waals surface area (Å²) < 4.78 is 36.3. The number of alkyl halides is 3. The summed E-state index contributed by atoms with van der Waals surface area (Å²) in [6, 6.07) is 0. The van der Waals surface area contributed by atoms with Crippen molar-refractivity contribution in [2.45, 2.75) is 19.0 Å². The zero-order valence-corrected chi connectivity index (χ0v) is 8.15. The summed E-state index contributed by atoms with van der Waals surface area (Å²) in [5.41, 5.74) is 0. The van der Waals surface area contributed by atoms with Crippen molar-refractivity contribution in [1.29, 1.82) is 0 Å². The molecule has 0 spiro atoms. The largest absolute Gasteiger partial charge is 0.445 e. The van der Waals surface area contributed by atoms with Crippen LogP contribution >= 0.6 is 11.3 Å². The molecule has 1 saturated carbocycles. The van der Waals surface area contributed by atoms with Gasteiger partial charge in [0.2, 0.25) is 16.0 Å². The quantitative estimate of drug-likeness (QED) is 0.854. The molecule has 1 aromatic rings. The molecule has 2 rings (SSSR count). The third-order valence-corrected chi connectivity index (χ3v) is 2.73. The maximum atomic E-state index is 12.1. The molecule has 1 heterocycles. The zero-order valence-electron chi connectivity index (χ0n) is 7.34. The molecule has 0 radical (unpaired) electrons. The van der Waals surface area contributed by atoms with Gasteiger partial charge in [-0.3, -0.25) is 4.79 Å². The number of carbonyl (C=O) groups is 1. The van der Waals surface area contributed by atoms with Crippen molar-refractivity contribution in [3.63, 3.8) is 0 Å². The Bertz CT molecular complexity index is 385. The third-order valence-electron chi connectivity index (χ3n) is 1.85. The summed E-state index contributed by atoms with van der Waals surface area (Å²) in [5, 5.41) is 7.36. The number of anilines is 1. The van der Waals surface area contributed by atoms with Crippen LogP contribution in [0.2, 0.25) is 0 Å². The number of rotatable bonds is 2. The van der Waals surface area contributed by atoms with E-state index in [0.717, 1.165) is 12.8 Å². The Morgan fingerprint density at radius 2 is 2.07 bits per heavy atom. The van der Waals surface area contributed by atoms with Crippen LogP contribution in [0, 0.1) is 5.92 Å². The minimum Gasteiger partial charge on any atom is -0.300 e. The molecule has 1 aliphatic rings. The van der Waals surface area contributed by atoms with E-state index in [9.17, 15) is 18.0 Å². The number of halogens is 3. The Labute approximate surface area is 86.5 Å². The van der Waals surface area contributed by atoms with E-state index in [1.54, 1.807) is 0 Å². The van der Waals surface area contributed by atoms with Gasteiger partial charge in [-0.15, -0.1) is 10.2 Å². The van der Waals surface area contributed by atoms with Gasteiger partial charge in [0.25, 0.3) is 0 Å². The number of nitrogens with one attached hydrogen (secondary N) is 1. The average molecular weight is 237 g/mol. The van der Waals surface area contributed by atoms with Crippen LogP contribution in [0.4, 0.5) is 18.3 Å². The van der Waals surface area contributed by atoms with E-state index in [0.29, 0.717) is 11.3 Å². The first kappa shape index (κ1) is 10.3. The molecule has 1 aliphatic carbocycles. The Hall–Kier alpha value is -1.18. The van der Waals surface area contributed by atoms with Crippen LogP contribution in [-0.4, -0.2) is 16.1 Å². The van der Waals surface area contributed by atoms with Crippen LogP contribution < -0.4 is 5.32 Å². The molecule has 1 amide bonds. The van der Waals surface area contributed by atoms with E-state index in [4.69, 9.17) is 0 Å². The molecule has 0 atom stereocenters. The van der Waals surface area contributed by atoms with Gasteiger partial charge in [-0.05, 0) is 12.8 Å². The number of amides is 1. The lowest BCUT2D eigenvalue weighted by Gasteiger charge is -1.98. The second-order valence-corrected chi connectivity index (χ2v) is 4.15. The first-order chi connectivity index (χ1) is 6.97. The molecule has 0 bridgehead atoms. The monoisotopic (exact) mass is 237 g/mol. The lowest BCUT2D eigenvalue weighted by atomic mass is 10.4. The summed E-state index contributed by atoms with van der Waals surface area (Å²) in [6.07, 6.45) is -2.92. The van der Waals surface area contributed by atoms with Crippen molar-refractivity contribution < 1.29 is 18.0 Å². The SMILES string of the molecule is O=C(Nc1nnc(C(F)(F)F)s1)C1CC1. The van der Waals surface area contributed by atoms with Crippen molar-refractivity contribution in [2.75, 3.05) is 5.32 Å². The van der Waals surface area contributed by atoms with Gasteiger partial charge in [0.05, 0.1) is 0 Å². The van der Waals surface area contributed by atoms with Gasteiger partial charge in [-0.25, -0.2) is 0 Å². The fourth-order valence-corrected chi connectivity index (χ4v) is 1.56. The van der Waals surface area contributed by atoms with E-state index in [2.05, 4.69) is 15.5 Å². The van der Waals surface area contributed by atoms with Gasteiger partial charge in [-0.1, -0.05) is 11.3 Å². The molecule has 15 heavy (non-hydrogen) atoms. The minimum absolute atomic E-state index is 0.0664. The van der Waals surface area contributed by atoms with Crippen LogP contribution in [0.25, 0.3) is 0 Å². The van der Waals surface area contributed by atoms with Crippen molar-refractivity contribution in [1.82, 2.24) is 10.2 Å². The highest BCUT2D eigenvalue weighted by Gasteiger charge is 2.36. The van der Waals surface area contributed by atoms with E-state index in [1.165, 1.54) is 0 Å².